The van der Waals surface area contributed by atoms with Crippen LogP contribution in [0.1, 0.15) is 19.4 Å². The van der Waals surface area contributed by atoms with E-state index >= 15 is 0 Å². The summed E-state index contributed by atoms with van der Waals surface area (Å²) >= 11 is 0. The highest BCUT2D eigenvalue weighted by Crippen LogP contribution is 2.38. The number of nitro benzene ring substituents is 1. The molecule has 0 aliphatic heterocycles. The number of nitrogens with zero attached hydrogens (tertiary/aromatic N) is 2. The van der Waals surface area contributed by atoms with Crippen molar-refractivity contribution in [2.24, 2.45) is 0 Å². The highest BCUT2D eigenvalue weighted by atomic mass is 16.6. The van der Waals surface area contributed by atoms with E-state index in [-0.39, 0.29) is 11.4 Å². The molecule has 1 amide bonds. The third-order valence-corrected chi connectivity index (χ3v) is 5.05. The molecule has 0 aliphatic rings. The summed E-state index contributed by atoms with van der Waals surface area (Å²) in [6.45, 7) is 8.01. The van der Waals surface area contributed by atoms with Crippen LogP contribution in [0, 0.1) is 17.0 Å². The molecule has 7 nitrogen and oxygen atoms in total. The largest absolute Gasteiger partial charge is 0.417 e. The van der Waals surface area contributed by atoms with Gasteiger partial charge in [-0.1, -0.05) is 30.3 Å². The molecule has 0 spiro atoms. The fraction of sp³-hybridized carbons (Fsp3) is 0.208. The molecule has 160 valence electrons. The van der Waals surface area contributed by atoms with Crippen molar-refractivity contribution in [2.75, 3.05) is 23.3 Å². The molecule has 0 atom stereocenters. The molecule has 3 rings (SSSR count). The summed E-state index contributed by atoms with van der Waals surface area (Å²) in [6, 6.07) is 19.1. The van der Waals surface area contributed by atoms with Crippen molar-refractivity contribution in [1.29, 1.82) is 0 Å². The molecule has 7 heteroatoms. The van der Waals surface area contributed by atoms with Gasteiger partial charge in [-0.3, -0.25) is 15.4 Å². The predicted octanol–water partition coefficient (Wildman–Crippen LogP) is 6.03. The van der Waals surface area contributed by atoms with Gasteiger partial charge in [-0.2, -0.15) is 0 Å². The molecule has 0 fully saturated rings. The lowest BCUT2D eigenvalue weighted by atomic mass is 9.96. The predicted molar refractivity (Wildman–Crippen MR) is 123 cm³/mol. The topological polar surface area (TPSA) is 84.7 Å². The number of non-ortho nitro benzene ring substituents is 1. The first-order chi connectivity index (χ1) is 14.9. The van der Waals surface area contributed by atoms with E-state index in [0.29, 0.717) is 5.69 Å². The Morgan fingerprint density at radius 1 is 1.00 bits per heavy atom. The fourth-order valence-electron chi connectivity index (χ4n) is 3.52. The van der Waals surface area contributed by atoms with E-state index in [4.69, 9.17) is 4.74 Å². The first-order valence-electron chi connectivity index (χ1n) is 10.1. The van der Waals surface area contributed by atoms with Gasteiger partial charge >= 0.3 is 6.09 Å². The smallest absolute Gasteiger partial charge is 0.410 e. The van der Waals surface area contributed by atoms with Crippen LogP contribution in [0.4, 0.5) is 21.9 Å². The number of hydrogen-bond donors (Lipinski definition) is 1. The minimum absolute atomic E-state index is 0.0680. The molecular formula is C24H25N3O4. The number of nitro groups is 1. The van der Waals surface area contributed by atoms with E-state index in [1.807, 2.05) is 43.3 Å². The Labute approximate surface area is 181 Å². The Hall–Kier alpha value is -3.87. The summed E-state index contributed by atoms with van der Waals surface area (Å²) in [6.07, 6.45) is -0.667. The van der Waals surface area contributed by atoms with Gasteiger partial charge < -0.3 is 9.64 Å². The van der Waals surface area contributed by atoms with Crippen LogP contribution in [0.25, 0.3) is 11.1 Å². The SMILES string of the molecule is CCN(CC)c1cccc(C)c1-c1ccccc1NC(=O)Oc1ccc([N+](=O)[O-])cc1. The number of amides is 1. The van der Waals surface area contributed by atoms with Crippen molar-refractivity contribution >= 4 is 23.2 Å². The number of benzene rings is 3. The van der Waals surface area contributed by atoms with Crippen molar-refractivity contribution in [3.05, 3.63) is 82.4 Å². The van der Waals surface area contributed by atoms with Gasteiger partial charge in [-0.15, -0.1) is 0 Å². The second kappa shape index (κ2) is 9.75. The van der Waals surface area contributed by atoms with Crippen LogP contribution in [-0.2, 0) is 0 Å². The number of carbonyl (C=O) groups excluding carboxylic acids is 1. The average molecular weight is 419 g/mol. The average Bonchev–Trinajstić information content (AvgIpc) is 2.76. The van der Waals surface area contributed by atoms with Gasteiger partial charge in [0.25, 0.3) is 5.69 Å². The van der Waals surface area contributed by atoms with Crippen LogP contribution >= 0.6 is 0 Å². The van der Waals surface area contributed by atoms with E-state index in [2.05, 4.69) is 30.1 Å². The molecule has 0 saturated carbocycles. The number of carbonyl (C=O) groups is 1. The molecule has 0 radical (unpaired) electrons. The van der Waals surface area contributed by atoms with Crippen molar-refractivity contribution < 1.29 is 14.5 Å². The Kier molecular flexibility index (Phi) is 6.87. The summed E-state index contributed by atoms with van der Waals surface area (Å²) in [5.74, 6) is 0.223. The van der Waals surface area contributed by atoms with Crippen LogP contribution in [-0.4, -0.2) is 24.1 Å². The molecule has 0 heterocycles. The monoisotopic (exact) mass is 419 g/mol. The second-order valence-electron chi connectivity index (χ2n) is 6.95. The maximum Gasteiger partial charge on any atom is 0.417 e. The molecule has 3 aromatic rings. The minimum atomic E-state index is -0.667. The molecule has 1 N–H and O–H groups in total. The summed E-state index contributed by atoms with van der Waals surface area (Å²) in [5, 5.41) is 13.6. The van der Waals surface area contributed by atoms with Crippen LogP contribution < -0.4 is 15.0 Å². The van der Waals surface area contributed by atoms with Crippen LogP contribution in [0.5, 0.6) is 5.75 Å². The van der Waals surface area contributed by atoms with Gasteiger partial charge in [0.15, 0.2) is 0 Å². The first-order valence-corrected chi connectivity index (χ1v) is 10.1. The molecule has 0 saturated heterocycles. The van der Waals surface area contributed by atoms with Gasteiger partial charge in [0, 0.05) is 42.0 Å². The summed E-state index contributed by atoms with van der Waals surface area (Å²) in [4.78, 5) is 25.1. The van der Waals surface area contributed by atoms with Crippen LogP contribution in [0.3, 0.4) is 0 Å². The van der Waals surface area contributed by atoms with Crippen molar-refractivity contribution in [3.8, 4) is 16.9 Å². The Morgan fingerprint density at radius 2 is 1.68 bits per heavy atom. The zero-order valence-electron chi connectivity index (χ0n) is 17.8. The third-order valence-electron chi connectivity index (χ3n) is 5.05. The van der Waals surface area contributed by atoms with E-state index in [1.54, 1.807) is 0 Å². The third kappa shape index (κ3) is 5.01. The lowest BCUT2D eigenvalue weighted by Crippen LogP contribution is -2.23. The van der Waals surface area contributed by atoms with Gasteiger partial charge in [0.05, 0.1) is 10.6 Å². The summed E-state index contributed by atoms with van der Waals surface area (Å²) in [5.41, 5.74) is 4.70. The highest BCUT2D eigenvalue weighted by Gasteiger charge is 2.17. The van der Waals surface area contributed by atoms with Gasteiger partial charge in [-0.25, -0.2) is 4.79 Å². The zero-order chi connectivity index (χ0) is 22.4. The quantitative estimate of drug-likeness (QED) is 0.373. The molecule has 0 unspecified atom stereocenters. The Morgan fingerprint density at radius 3 is 2.32 bits per heavy atom. The lowest BCUT2D eigenvalue weighted by molar-refractivity contribution is -0.384. The number of nitrogens with one attached hydrogen (secondary N) is 1. The number of aryl methyl sites for hydroxylation is 1. The van der Waals surface area contributed by atoms with Gasteiger partial charge in [-0.05, 0) is 50.6 Å². The van der Waals surface area contributed by atoms with E-state index in [0.717, 1.165) is 35.5 Å². The van der Waals surface area contributed by atoms with Crippen molar-refractivity contribution in [1.82, 2.24) is 0 Å². The minimum Gasteiger partial charge on any atom is -0.410 e. The summed E-state index contributed by atoms with van der Waals surface area (Å²) in [7, 11) is 0. The maximum absolute atomic E-state index is 12.5. The highest BCUT2D eigenvalue weighted by molar-refractivity contribution is 5.96. The van der Waals surface area contributed by atoms with E-state index in [1.165, 1.54) is 24.3 Å². The van der Waals surface area contributed by atoms with Crippen molar-refractivity contribution in [3.63, 3.8) is 0 Å². The van der Waals surface area contributed by atoms with Crippen LogP contribution in [0.2, 0.25) is 0 Å². The first kappa shape index (κ1) is 21.8. The second-order valence-corrected chi connectivity index (χ2v) is 6.95. The van der Waals surface area contributed by atoms with Gasteiger partial charge in [0.1, 0.15) is 5.75 Å². The number of anilines is 2. The fourth-order valence-corrected chi connectivity index (χ4v) is 3.52. The Bertz CT molecular complexity index is 1080. The van der Waals surface area contributed by atoms with E-state index < -0.39 is 11.0 Å². The van der Waals surface area contributed by atoms with E-state index in [9.17, 15) is 14.9 Å². The Balaban J connectivity index is 1.89. The van der Waals surface area contributed by atoms with Crippen molar-refractivity contribution in [2.45, 2.75) is 20.8 Å². The summed E-state index contributed by atoms with van der Waals surface area (Å²) < 4.78 is 5.31. The maximum atomic E-state index is 12.5. The van der Waals surface area contributed by atoms with Gasteiger partial charge in [0.2, 0.25) is 0 Å². The lowest BCUT2D eigenvalue weighted by Gasteiger charge is -2.26. The molecule has 31 heavy (non-hydrogen) atoms. The standard InChI is InChI=1S/C24H25N3O4/c1-4-26(5-2)22-12-8-9-17(3)23(22)20-10-6-7-11-21(20)25-24(28)31-19-15-13-18(14-16-19)27(29)30/h6-16H,4-5H2,1-3H3,(H,25,28). The zero-order valence-corrected chi connectivity index (χ0v) is 17.8. The molecule has 0 aliphatic carbocycles. The number of rotatable bonds is 7. The number of ether oxygens (including phenoxy) is 1. The molecule has 0 aromatic heterocycles. The molecular weight excluding hydrogens is 394 g/mol. The van der Waals surface area contributed by atoms with Crippen LogP contribution in [0.15, 0.2) is 66.7 Å². The molecule has 0 bridgehead atoms. The normalized spacial score (nSPS) is 10.4. The number of hydrogen-bond acceptors (Lipinski definition) is 5. The number of para-hydroxylation sites is 1. The molecule has 3 aromatic carbocycles.